The Balaban J connectivity index is 1.53. The number of fused-ring (bicyclic) bond motifs is 1. The number of carbonyl (C=O) groups excluding carboxylic acids is 4. The van der Waals surface area contributed by atoms with Gasteiger partial charge in [0.15, 0.2) is 12.4 Å². The summed E-state index contributed by atoms with van der Waals surface area (Å²) in [5.41, 5.74) is 1.74. The van der Waals surface area contributed by atoms with Gasteiger partial charge in [-0.3, -0.25) is 14.4 Å². The van der Waals surface area contributed by atoms with Crippen molar-refractivity contribution in [1.82, 2.24) is 0 Å². The predicted octanol–water partition coefficient (Wildman–Crippen LogP) is 4.46. The number of alkyl halides is 2. The van der Waals surface area contributed by atoms with E-state index in [-0.39, 0.29) is 38.5 Å². The first-order chi connectivity index (χ1) is 15.3. The Labute approximate surface area is 202 Å². The van der Waals surface area contributed by atoms with Crippen molar-refractivity contribution in [2.45, 2.75) is 29.4 Å². The lowest BCUT2D eigenvalue weighted by Crippen LogP contribution is -2.34. The standard InChI is InChI=1S/C24H21Br2NO5/c1-13-6-8-14(9-7-13)21(28)12-32-24(31)15-4-2-3-5-20(15)27-22(29)16-10-18(25)19(26)11-17(16)23(27)30/h2-9,16-19H,10-12H2,1H3/t16-,17+,18+,19-. The number of ether oxygens (including phenoxy) is 1. The average molecular weight is 563 g/mol. The molecule has 4 rings (SSSR count). The normalized spacial score (nSPS) is 24.9. The lowest BCUT2D eigenvalue weighted by molar-refractivity contribution is -0.122. The van der Waals surface area contributed by atoms with Crippen molar-refractivity contribution in [2.75, 3.05) is 11.5 Å². The predicted molar refractivity (Wildman–Crippen MR) is 126 cm³/mol. The number of aryl methyl sites for hydroxylation is 1. The molecule has 0 radical (unpaired) electrons. The highest BCUT2D eigenvalue weighted by molar-refractivity contribution is 9.12. The van der Waals surface area contributed by atoms with Crippen LogP contribution in [0.2, 0.25) is 0 Å². The maximum Gasteiger partial charge on any atom is 0.340 e. The molecule has 0 N–H and O–H groups in total. The number of amides is 2. The van der Waals surface area contributed by atoms with Crippen LogP contribution in [-0.2, 0) is 14.3 Å². The molecule has 6 nitrogen and oxygen atoms in total. The van der Waals surface area contributed by atoms with Gasteiger partial charge in [0, 0.05) is 15.2 Å². The molecule has 166 valence electrons. The van der Waals surface area contributed by atoms with Gasteiger partial charge in [0.2, 0.25) is 11.8 Å². The van der Waals surface area contributed by atoms with Crippen molar-refractivity contribution in [3.8, 4) is 0 Å². The van der Waals surface area contributed by atoms with Crippen LogP contribution in [0, 0.1) is 18.8 Å². The number of hydrogen-bond donors (Lipinski definition) is 0. The van der Waals surface area contributed by atoms with E-state index in [9.17, 15) is 19.2 Å². The van der Waals surface area contributed by atoms with Gasteiger partial charge < -0.3 is 4.74 Å². The van der Waals surface area contributed by atoms with E-state index < -0.39 is 24.4 Å². The highest BCUT2D eigenvalue weighted by Crippen LogP contribution is 2.44. The number of nitrogens with zero attached hydrogens (tertiary/aromatic N) is 1. The average Bonchev–Trinajstić information content (AvgIpc) is 3.02. The number of imide groups is 1. The van der Waals surface area contributed by atoms with Gasteiger partial charge >= 0.3 is 5.97 Å². The van der Waals surface area contributed by atoms with Gasteiger partial charge in [-0.25, -0.2) is 9.69 Å². The van der Waals surface area contributed by atoms with Crippen molar-refractivity contribution in [2.24, 2.45) is 11.8 Å². The largest absolute Gasteiger partial charge is 0.454 e. The van der Waals surface area contributed by atoms with Crippen molar-refractivity contribution in [3.05, 3.63) is 65.2 Å². The Hall–Kier alpha value is -2.32. The SMILES string of the molecule is Cc1ccc(C(=O)COC(=O)c2ccccc2N2C(=O)[C@H]3C[C@@H](Br)[C@@H](Br)C[C@H]3C2=O)cc1. The fourth-order valence-corrected chi connectivity index (χ4v) is 5.44. The summed E-state index contributed by atoms with van der Waals surface area (Å²) in [4.78, 5) is 52.7. The third-order valence-corrected chi connectivity index (χ3v) is 8.72. The molecule has 0 bridgehead atoms. The smallest absolute Gasteiger partial charge is 0.340 e. The van der Waals surface area contributed by atoms with Crippen LogP contribution in [0.15, 0.2) is 48.5 Å². The number of benzene rings is 2. The summed E-state index contributed by atoms with van der Waals surface area (Å²) in [7, 11) is 0. The van der Waals surface area contributed by atoms with Crippen molar-refractivity contribution in [1.29, 1.82) is 0 Å². The number of carbonyl (C=O) groups is 4. The van der Waals surface area contributed by atoms with E-state index in [4.69, 9.17) is 4.74 Å². The van der Waals surface area contributed by atoms with Crippen LogP contribution in [0.4, 0.5) is 5.69 Å². The molecule has 2 aliphatic rings. The topological polar surface area (TPSA) is 80.8 Å². The maximum atomic E-state index is 13.1. The Bertz CT molecular complexity index is 1060. The van der Waals surface area contributed by atoms with E-state index >= 15 is 0 Å². The molecule has 1 heterocycles. The number of rotatable bonds is 5. The zero-order chi connectivity index (χ0) is 23.0. The summed E-state index contributed by atoms with van der Waals surface area (Å²) in [6.07, 6.45) is 1.08. The van der Waals surface area contributed by atoms with Crippen LogP contribution in [0.5, 0.6) is 0 Å². The molecule has 2 aromatic rings. The molecule has 1 saturated carbocycles. The van der Waals surface area contributed by atoms with Gasteiger partial charge in [-0.2, -0.15) is 0 Å². The fourth-order valence-electron chi connectivity index (χ4n) is 4.21. The third-order valence-electron chi connectivity index (χ3n) is 5.98. The van der Waals surface area contributed by atoms with Gasteiger partial charge in [0.05, 0.1) is 23.1 Å². The van der Waals surface area contributed by atoms with Gasteiger partial charge in [-0.1, -0.05) is 73.8 Å². The first-order valence-corrected chi connectivity index (χ1v) is 12.1. The number of hydrogen-bond acceptors (Lipinski definition) is 5. The molecule has 2 amide bonds. The van der Waals surface area contributed by atoms with Crippen LogP contribution >= 0.6 is 31.9 Å². The van der Waals surface area contributed by atoms with Crippen molar-refractivity contribution < 1.29 is 23.9 Å². The van der Waals surface area contributed by atoms with Crippen LogP contribution in [-0.4, -0.2) is 39.8 Å². The molecule has 2 fully saturated rings. The number of Topliss-reactive ketones (excluding diaryl/α,β-unsaturated/α-hetero) is 1. The van der Waals surface area contributed by atoms with Crippen LogP contribution in [0.1, 0.15) is 39.1 Å². The van der Waals surface area contributed by atoms with E-state index in [1.807, 2.05) is 19.1 Å². The van der Waals surface area contributed by atoms with Crippen molar-refractivity contribution >= 4 is 61.1 Å². The molecule has 0 unspecified atom stereocenters. The number of para-hydroxylation sites is 1. The second-order valence-electron chi connectivity index (χ2n) is 8.11. The number of halogens is 2. The second-order valence-corrected chi connectivity index (χ2v) is 10.5. The first-order valence-electron chi connectivity index (χ1n) is 10.3. The molecule has 1 aliphatic heterocycles. The molecule has 1 aliphatic carbocycles. The summed E-state index contributed by atoms with van der Waals surface area (Å²) >= 11 is 7.15. The minimum absolute atomic E-state index is 0.0790. The molecule has 32 heavy (non-hydrogen) atoms. The monoisotopic (exact) mass is 561 g/mol. The Kier molecular flexibility index (Phi) is 6.62. The van der Waals surface area contributed by atoms with Gasteiger partial charge in [0.1, 0.15) is 0 Å². The fraction of sp³-hybridized carbons (Fsp3) is 0.333. The van der Waals surface area contributed by atoms with E-state index in [0.29, 0.717) is 18.4 Å². The van der Waals surface area contributed by atoms with Crippen molar-refractivity contribution in [3.63, 3.8) is 0 Å². The van der Waals surface area contributed by atoms with E-state index in [1.165, 1.54) is 6.07 Å². The Morgan fingerprint density at radius 2 is 1.50 bits per heavy atom. The quantitative estimate of drug-likeness (QED) is 0.233. The summed E-state index contributed by atoms with van der Waals surface area (Å²) in [5.74, 6) is -2.55. The van der Waals surface area contributed by atoms with Gasteiger partial charge in [0.25, 0.3) is 0 Å². The molecular formula is C24H21Br2NO5. The van der Waals surface area contributed by atoms with Crippen LogP contribution in [0.3, 0.4) is 0 Å². The third kappa shape index (κ3) is 4.30. The highest BCUT2D eigenvalue weighted by Gasteiger charge is 2.52. The molecule has 0 aromatic heterocycles. The minimum atomic E-state index is -0.756. The molecule has 0 spiro atoms. The Morgan fingerprint density at radius 1 is 0.938 bits per heavy atom. The van der Waals surface area contributed by atoms with E-state index in [0.717, 1.165) is 10.5 Å². The zero-order valence-corrected chi connectivity index (χ0v) is 20.5. The summed E-state index contributed by atoms with van der Waals surface area (Å²) in [6, 6.07) is 13.3. The van der Waals surface area contributed by atoms with Gasteiger partial charge in [-0.15, -0.1) is 0 Å². The van der Waals surface area contributed by atoms with Crippen LogP contribution in [0.25, 0.3) is 0 Å². The van der Waals surface area contributed by atoms with Gasteiger partial charge in [-0.05, 0) is 31.9 Å². The summed E-state index contributed by atoms with van der Waals surface area (Å²) in [5, 5.41) is 0. The molecule has 1 saturated heterocycles. The number of ketones is 1. The lowest BCUT2D eigenvalue weighted by Gasteiger charge is -2.29. The molecule has 4 atom stereocenters. The maximum absolute atomic E-state index is 13.1. The molecular weight excluding hydrogens is 542 g/mol. The summed E-state index contributed by atoms with van der Waals surface area (Å²) < 4.78 is 5.25. The lowest BCUT2D eigenvalue weighted by atomic mass is 9.81. The number of anilines is 1. The molecule has 2 aromatic carbocycles. The first kappa shape index (κ1) is 22.9. The second kappa shape index (κ2) is 9.27. The Morgan fingerprint density at radius 3 is 2.09 bits per heavy atom. The minimum Gasteiger partial charge on any atom is -0.454 e. The highest BCUT2D eigenvalue weighted by atomic mass is 79.9. The zero-order valence-electron chi connectivity index (χ0n) is 17.3. The van der Waals surface area contributed by atoms with Crippen LogP contribution < -0.4 is 4.90 Å². The molecule has 8 heteroatoms. The summed E-state index contributed by atoms with van der Waals surface area (Å²) in [6.45, 7) is 1.48. The van der Waals surface area contributed by atoms with E-state index in [2.05, 4.69) is 31.9 Å². The van der Waals surface area contributed by atoms with E-state index in [1.54, 1.807) is 30.3 Å². The number of esters is 1.